The Balaban J connectivity index is 3.01. The SMILES string of the molecule is COC(=O)C(CS)c1ccccc1Cl. The standard InChI is InChI=1S/C10H11ClO2S/c1-13-10(12)8(6-14)7-4-2-3-5-9(7)11/h2-5,8,14H,6H2,1H3. The molecule has 0 N–H and O–H groups in total. The number of esters is 1. The van der Waals surface area contributed by atoms with Gasteiger partial charge in [-0.3, -0.25) is 4.79 Å². The first-order valence-corrected chi connectivity index (χ1v) is 5.15. The third kappa shape index (κ3) is 2.42. The Morgan fingerprint density at radius 1 is 1.57 bits per heavy atom. The van der Waals surface area contributed by atoms with E-state index in [1.54, 1.807) is 12.1 Å². The third-order valence-corrected chi connectivity index (χ3v) is 2.66. The Bertz CT molecular complexity index is 328. The average molecular weight is 231 g/mol. The number of benzene rings is 1. The van der Waals surface area contributed by atoms with Gasteiger partial charge in [-0.25, -0.2) is 0 Å². The lowest BCUT2D eigenvalue weighted by Gasteiger charge is -2.13. The van der Waals surface area contributed by atoms with Gasteiger partial charge in [-0.1, -0.05) is 29.8 Å². The predicted octanol–water partition coefficient (Wildman–Crippen LogP) is 2.53. The van der Waals surface area contributed by atoms with Gasteiger partial charge in [-0.05, 0) is 11.6 Å². The van der Waals surface area contributed by atoms with Gasteiger partial charge in [0.2, 0.25) is 0 Å². The molecule has 14 heavy (non-hydrogen) atoms. The molecule has 76 valence electrons. The Kier molecular flexibility index (Phi) is 4.29. The fourth-order valence-electron chi connectivity index (χ4n) is 1.20. The minimum absolute atomic E-state index is 0.312. The molecule has 0 aliphatic carbocycles. The highest BCUT2D eigenvalue weighted by molar-refractivity contribution is 7.80. The molecule has 2 nitrogen and oxygen atoms in total. The summed E-state index contributed by atoms with van der Waals surface area (Å²) in [6.07, 6.45) is 0. The van der Waals surface area contributed by atoms with Gasteiger partial charge in [0, 0.05) is 10.8 Å². The van der Waals surface area contributed by atoms with Crippen molar-refractivity contribution in [3.05, 3.63) is 34.9 Å². The number of thiol groups is 1. The Morgan fingerprint density at radius 3 is 2.71 bits per heavy atom. The second kappa shape index (κ2) is 5.27. The van der Waals surface area contributed by atoms with Crippen LogP contribution in [0.1, 0.15) is 11.5 Å². The second-order valence-corrected chi connectivity index (χ2v) is 3.55. The molecule has 0 aromatic heterocycles. The van der Waals surface area contributed by atoms with Crippen LogP contribution in [0.3, 0.4) is 0 Å². The van der Waals surface area contributed by atoms with E-state index in [-0.39, 0.29) is 5.97 Å². The summed E-state index contributed by atoms with van der Waals surface area (Å²) in [5, 5.41) is 0.567. The van der Waals surface area contributed by atoms with Crippen molar-refractivity contribution in [1.29, 1.82) is 0 Å². The molecule has 0 saturated heterocycles. The van der Waals surface area contributed by atoms with E-state index < -0.39 is 5.92 Å². The summed E-state index contributed by atoms with van der Waals surface area (Å²) in [6.45, 7) is 0. The van der Waals surface area contributed by atoms with Crippen molar-refractivity contribution in [2.24, 2.45) is 0 Å². The summed E-state index contributed by atoms with van der Waals surface area (Å²) in [4.78, 5) is 11.4. The minimum Gasteiger partial charge on any atom is -0.469 e. The van der Waals surface area contributed by atoms with Crippen LogP contribution >= 0.6 is 24.2 Å². The van der Waals surface area contributed by atoms with Crippen LogP contribution in [0.5, 0.6) is 0 Å². The number of halogens is 1. The minimum atomic E-state index is -0.392. The Labute approximate surface area is 93.6 Å². The van der Waals surface area contributed by atoms with Crippen LogP contribution in [0, 0.1) is 0 Å². The zero-order chi connectivity index (χ0) is 10.6. The molecule has 0 fully saturated rings. The summed E-state index contributed by atoms with van der Waals surface area (Å²) in [5.74, 6) is -0.318. The molecule has 0 radical (unpaired) electrons. The summed E-state index contributed by atoms with van der Waals surface area (Å²) < 4.78 is 4.67. The maximum Gasteiger partial charge on any atom is 0.314 e. The van der Waals surface area contributed by atoms with Gasteiger partial charge in [-0.2, -0.15) is 12.6 Å². The zero-order valence-electron chi connectivity index (χ0n) is 7.74. The molecule has 0 aliphatic heterocycles. The van der Waals surface area contributed by atoms with E-state index >= 15 is 0 Å². The monoisotopic (exact) mass is 230 g/mol. The molecule has 1 atom stereocenters. The number of hydrogen-bond donors (Lipinski definition) is 1. The number of ether oxygens (including phenoxy) is 1. The lowest BCUT2D eigenvalue weighted by atomic mass is 10.0. The van der Waals surface area contributed by atoms with Gasteiger partial charge in [-0.15, -0.1) is 0 Å². The van der Waals surface area contributed by atoms with E-state index in [4.69, 9.17) is 11.6 Å². The lowest BCUT2D eigenvalue weighted by Crippen LogP contribution is -2.16. The number of carbonyl (C=O) groups excluding carboxylic acids is 1. The first-order valence-electron chi connectivity index (χ1n) is 4.13. The largest absolute Gasteiger partial charge is 0.469 e. The van der Waals surface area contributed by atoms with Crippen molar-refractivity contribution < 1.29 is 9.53 Å². The second-order valence-electron chi connectivity index (χ2n) is 2.78. The zero-order valence-corrected chi connectivity index (χ0v) is 9.39. The number of rotatable bonds is 3. The molecular formula is C10H11ClO2S. The van der Waals surface area contributed by atoms with Gasteiger partial charge < -0.3 is 4.74 Å². The van der Waals surface area contributed by atoms with Crippen molar-refractivity contribution in [2.45, 2.75) is 5.92 Å². The molecule has 1 unspecified atom stereocenters. The molecule has 0 heterocycles. The first kappa shape index (κ1) is 11.4. The topological polar surface area (TPSA) is 26.3 Å². The van der Waals surface area contributed by atoms with Crippen LogP contribution in [-0.4, -0.2) is 18.8 Å². The Morgan fingerprint density at radius 2 is 2.21 bits per heavy atom. The van der Waals surface area contributed by atoms with E-state index in [1.807, 2.05) is 12.1 Å². The number of methoxy groups -OCH3 is 1. The predicted molar refractivity (Wildman–Crippen MR) is 60.1 cm³/mol. The van der Waals surface area contributed by atoms with Crippen LogP contribution in [-0.2, 0) is 9.53 Å². The van der Waals surface area contributed by atoms with Gasteiger partial charge in [0.1, 0.15) is 0 Å². The molecule has 0 spiro atoms. The van der Waals surface area contributed by atoms with E-state index in [2.05, 4.69) is 17.4 Å². The van der Waals surface area contributed by atoms with Gasteiger partial charge >= 0.3 is 5.97 Å². The van der Waals surface area contributed by atoms with Crippen LogP contribution in [0.15, 0.2) is 24.3 Å². The first-order chi connectivity index (χ1) is 6.70. The highest BCUT2D eigenvalue weighted by Gasteiger charge is 2.21. The van der Waals surface area contributed by atoms with Gasteiger partial charge in [0.15, 0.2) is 0 Å². The van der Waals surface area contributed by atoms with E-state index in [1.165, 1.54) is 7.11 Å². The lowest BCUT2D eigenvalue weighted by molar-refractivity contribution is -0.141. The number of carbonyl (C=O) groups is 1. The fraction of sp³-hybridized carbons (Fsp3) is 0.300. The smallest absolute Gasteiger partial charge is 0.314 e. The molecular weight excluding hydrogens is 220 g/mol. The van der Waals surface area contributed by atoms with Crippen LogP contribution in [0.25, 0.3) is 0 Å². The van der Waals surface area contributed by atoms with Crippen molar-refractivity contribution in [1.82, 2.24) is 0 Å². The van der Waals surface area contributed by atoms with Crippen molar-refractivity contribution >= 4 is 30.2 Å². The van der Waals surface area contributed by atoms with E-state index in [0.717, 1.165) is 5.56 Å². The molecule has 0 bridgehead atoms. The average Bonchev–Trinajstić information content (AvgIpc) is 2.21. The summed E-state index contributed by atoms with van der Waals surface area (Å²) in [6, 6.07) is 7.20. The summed E-state index contributed by atoms with van der Waals surface area (Å²) in [5.41, 5.74) is 0.760. The molecule has 0 aliphatic rings. The maximum atomic E-state index is 11.4. The normalized spacial score (nSPS) is 12.2. The highest BCUT2D eigenvalue weighted by Crippen LogP contribution is 2.26. The summed E-state index contributed by atoms with van der Waals surface area (Å²) in [7, 11) is 1.36. The van der Waals surface area contributed by atoms with Crippen LogP contribution in [0.2, 0.25) is 5.02 Å². The fourth-order valence-corrected chi connectivity index (χ4v) is 1.81. The molecule has 4 heteroatoms. The van der Waals surface area contributed by atoms with E-state index in [9.17, 15) is 4.79 Å². The van der Waals surface area contributed by atoms with Crippen molar-refractivity contribution in [3.8, 4) is 0 Å². The highest BCUT2D eigenvalue weighted by atomic mass is 35.5. The number of hydrogen-bond acceptors (Lipinski definition) is 3. The quantitative estimate of drug-likeness (QED) is 0.638. The molecule has 1 rings (SSSR count). The van der Waals surface area contributed by atoms with Crippen molar-refractivity contribution in [2.75, 3.05) is 12.9 Å². The van der Waals surface area contributed by atoms with Crippen LogP contribution in [0.4, 0.5) is 0 Å². The molecule has 0 amide bonds. The third-order valence-electron chi connectivity index (χ3n) is 1.95. The Hall–Kier alpha value is -0.670. The van der Waals surface area contributed by atoms with Gasteiger partial charge in [0.25, 0.3) is 0 Å². The van der Waals surface area contributed by atoms with Gasteiger partial charge in [0.05, 0.1) is 13.0 Å². The van der Waals surface area contributed by atoms with Crippen LogP contribution < -0.4 is 0 Å². The summed E-state index contributed by atoms with van der Waals surface area (Å²) >= 11 is 10.1. The van der Waals surface area contributed by atoms with Crippen molar-refractivity contribution in [3.63, 3.8) is 0 Å². The maximum absolute atomic E-state index is 11.4. The molecule has 1 aromatic carbocycles. The van der Waals surface area contributed by atoms with E-state index in [0.29, 0.717) is 10.8 Å². The molecule has 1 aromatic rings. The molecule has 0 saturated carbocycles.